The molecular weight excluding hydrogens is 445 g/mol. The highest BCUT2D eigenvalue weighted by molar-refractivity contribution is 5.93. The molecule has 3 atom stereocenters. The Bertz CT molecular complexity index is 1230. The van der Waals surface area contributed by atoms with Crippen molar-refractivity contribution < 1.29 is 26.7 Å². The van der Waals surface area contributed by atoms with E-state index in [0.29, 0.717) is 25.0 Å². The van der Waals surface area contributed by atoms with Crippen molar-refractivity contribution >= 4 is 22.4 Å². The molecule has 2 aromatic heterocycles. The van der Waals surface area contributed by atoms with Gasteiger partial charge in [0.15, 0.2) is 23.1 Å². The van der Waals surface area contributed by atoms with Crippen LogP contribution in [0.3, 0.4) is 0 Å². The number of nitrogens with zero attached hydrogens (tertiary/aromatic N) is 4. The molecule has 4 heterocycles. The van der Waals surface area contributed by atoms with Gasteiger partial charge in [0.2, 0.25) is 0 Å². The molecule has 2 aliphatic heterocycles. The lowest BCUT2D eigenvalue weighted by molar-refractivity contribution is -0.140. The average molecular weight is 465 g/mol. The van der Waals surface area contributed by atoms with Crippen molar-refractivity contribution in [1.82, 2.24) is 15.2 Å². The second kappa shape index (κ2) is 7.75. The topological polar surface area (TPSA) is 63.2 Å². The second-order valence-electron chi connectivity index (χ2n) is 8.39. The zero-order valence-corrected chi connectivity index (χ0v) is 17.7. The lowest BCUT2D eigenvalue weighted by atomic mass is 10.1. The normalized spacial score (nSPS) is 21.1. The molecule has 1 N–H and O–H groups in total. The highest BCUT2D eigenvalue weighted by Crippen LogP contribution is 2.42. The van der Waals surface area contributed by atoms with E-state index in [1.807, 2.05) is 0 Å². The molecule has 5 rings (SSSR count). The summed E-state index contributed by atoms with van der Waals surface area (Å²) in [5, 5.41) is 11.3. The first-order valence-corrected chi connectivity index (χ1v) is 10.5. The molecule has 2 saturated heterocycles. The van der Waals surface area contributed by atoms with E-state index in [0.717, 1.165) is 6.07 Å². The first-order chi connectivity index (χ1) is 15.6. The van der Waals surface area contributed by atoms with Crippen molar-refractivity contribution in [2.75, 3.05) is 23.4 Å². The highest BCUT2D eigenvalue weighted by atomic mass is 19.4. The maximum atomic E-state index is 14.3. The van der Waals surface area contributed by atoms with E-state index < -0.39 is 29.5 Å². The fourth-order valence-electron chi connectivity index (χ4n) is 4.55. The van der Waals surface area contributed by atoms with Crippen LogP contribution in [0.1, 0.15) is 36.3 Å². The van der Waals surface area contributed by atoms with Crippen LogP contribution >= 0.6 is 0 Å². The summed E-state index contributed by atoms with van der Waals surface area (Å²) >= 11 is 0. The van der Waals surface area contributed by atoms with Crippen molar-refractivity contribution in [3.63, 3.8) is 0 Å². The number of fused-ring (bicyclic) bond motifs is 3. The summed E-state index contributed by atoms with van der Waals surface area (Å²) in [4.78, 5) is 5.64. The molecule has 0 spiro atoms. The molecule has 0 amide bonds. The summed E-state index contributed by atoms with van der Waals surface area (Å²) in [5.41, 5.74) is -0.723. The Balaban J connectivity index is 1.62. The van der Waals surface area contributed by atoms with Gasteiger partial charge in [0.05, 0.1) is 41.7 Å². The monoisotopic (exact) mass is 465 g/mol. The molecule has 2 aliphatic rings. The Morgan fingerprint density at radius 1 is 1.21 bits per heavy atom. The number of aryl methyl sites for hydroxylation is 1. The highest BCUT2D eigenvalue weighted by Gasteiger charge is 2.44. The summed E-state index contributed by atoms with van der Waals surface area (Å²) in [6.45, 7) is 3.81. The maximum absolute atomic E-state index is 14.3. The summed E-state index contributed by atoms with van der Waals surface area (Å²) in [6.07, 6.45) is -4.13. The Kier molecular flexibility index (Phi) is 5.11. The third kappa shape index (κ3) is 3.73. The number of morpholine rings is 1. The van der Waals surface area contributed by atoms with Crippen LogP contribution in [0, 0.1) is 18.6 Å². The predicted octanol–water partition coefficient (Wildman–Crippen LogP) is 4.78. The van der Waals surface area contributed by atoms with Gasteiger partial charge in [-0.25, -0.2) is 13.8 Å². The van der Waals surface area contributed by atoms with Gasteiger partial charge in [-0.2, -0.15) is 18.3 Å². The number of benzene rings is 1. The predicted molar refractivity (Wildman–Crippen MR) is 111 cm³/mol. The van der Waals surface area contributed by atoms with Gasteiger partial charge in [-0.1, -0.05) is 12.1 Å². The molecule has 0 aliphatic carbocycles. The van der Waals surface area contributed by atoms with E-state index in [1.54, 1.807) is 11.8 Å². The van der Waals surface area contributed by atoms with E-state index in [-0.39, 0.29) is 40.4 Å². The second-order valence-corrected chi connectivity index (χ2v) is 8.39. The zero-order valence-electron chi connectivity index (χ0n) is 17.7. The Morgan fingerprint density at radius 3 is 2.67 bits per heavy atom. The van der Waals surface area contributed by atoms with Gasteiger partial charge in [0.25, 0.3) is 0 Å². The summed E-state index contributed by atoms with van der Waals surface area (Å²) in [7, 11) is 0. The SMILES string of the molecule is Cc1nnc(N[C@H](C)c2cccc(F)c2F)c2cc(N3CC4CC3CO4)c(C(F)(F)F)nc12. The number of alkyl halides is 3. The van der Waals surface area contributed by atoms with E-state index >= 15 is 0 Å². The molecule has 2 fully saturated rings. The molecule has 2 unspecified atom stereocenters. The summed E-state index contributed by atoms with van der Waals surface area (Å²) in [6, 6.07) is 4.32. The van der Waals surface area contributed by atoms with Crippen LogP contribution in [0.4, 0.5) is 33.5 Å². The van der Waals surface area contributed by atoms with Gasteiger partial charge in [-0.15, -0.1) is 5.10 Å². The van der Waals surface area contributed by atoms with Gasteiger partial charge in [-0.3, -0.25) is 0 Å². The zero-order chi connectivity index (χ0) is 23.5. The quantitative estimate of drug-likeness (QED) is 0.560. The largest absolute Gasteiger partial charge is 0.435 e. The molecule has 174 valence electrons. The molecule has 1 aromatic carbocycles. The molecule has 2 bridgehead atoms. The summed E-state index contributed by atoms with van der Waals surface area (Å²) < 4.78 is 75.4. The number of pyridine rings is 1. The van der Waals surface area contributed by atoms with Crippen LogP contribution in [0.2, 0.25) is 0 Å². The molecule has 6 nitrogen and oxygen atoms in total. The fourth-order valence-corrected chi connectivity index (χ4v) is 4.55. The van der Waals surface area contributed by atoms with Crippen LogP contribution in [-0.4, -0.2) is 40.5 Å². The van der Waals surface area contributed by atoms with Crippen molar-refractivity contribution in [3.8, 4) is 0 Å². The van der Waals surface area contributed by atoms with Crippen LogP contribution in [0.5, 0.6) is 0 Å². The Labute approximate surface area is 185 Å². The Hall–Kier alpha value is -3.08. The lowest BCUT2D eigenvalue weighted by Gasteiger charge is -2.31. The third-order valence-electron chi connectivity index (χ3n) is 6.18. The molecule has 33 heavy (non-hydrogen) atoms. The minimum atomic E-state index is -4.67. The van der Waals surface area contributed by atoms with Crippen LogP contribution < -0.4 is 10.2 Å². The number of halogens is 5. The minimum absolute atomic E-state index is 0.0381. The third-order valence-corrected chi connectivity index (χ3v) is 6.18. The Morgan fingerprint density at radius 2 is 2.00 bits per heavy atom. The first kappa shape index (κ1) is 21.7. The molecule has 3 aromatic rings. The first-order valence-electron chi connectivity index (χ1n) is 10.5. The molecular formula is C22H20F5N5O. The standard InChI is InChI=1S/C22H20F5N5O/c1-10(14-4-3-5-16(23)18(14)24)28-21-15-7-17(32-8-13-6-12(32)9-33-13)20(22(25,26)27)29-19(15)11(2)30-31-21/h3-5,7,10,12-13H,6,8-9H2,1-2H3,(H,28,31)/t10-,12?,13?/m1/s1. The minimum Gasteiger partial charge on any atom is -0.374 e. The number of hydrogen-bond donors (Lipinski definition) is 1. The van der Waals surface area contributed by atoms with E-state index in [9.17, 15) is 22.0 Å². The number of nitrogens with one attached hydrogen (secondary N) is 1. The fraction of sp³-hybridized carbons (Fsp3) is 0.409. The van der Waals surface area contributed by atoms with Crippen LogP contribution in [0.25, 0.3) is 10.9 Å². The summed E-state index contributed by atoms with van der Waals surface area (Å²) in [5.74, 6) is -1.87. The number of rotatable bonds is 4. The van der Waals surface area contributed by atoms with Crippen LogP contribution in [0.15, 0.2) is 24.3 Å². The number of ether oxygens (including phenoxy) is 1. The average Bonchev–Trinajstić information content (AvgIpc) is 3.40. The number of aromatic nitrogens is 3. The molecule has 0 saturated carbocycles. The van der Waals surface area contributed by atoms with Gasteiger partial charge >= 0.3 is 6.18 Å². The maximum Gasteiger partial charge on any atom is 0.435 e. The molecule has 0 radical (unpaired) electrons. The van der Waals surface area contributed by atoms with Crippen molar-refractivity contribution in [1.29, 1.82) is 0 Å². The van der Waals surface area contributed by atoms with Gasteiger partial charge in [-0.05, 0) is 32.4 Å². The van der Waals surface area contributed by atoms with Crippen molar-refractivity contribution in [2.45, 2.75) is 44.6 Å². The van der Waals surface area contributed by atoms with Gasteiger partial charge < -0.3 is 15.0 Å². The van der Waals surface area contributed by atoms with Crippen LogP contribution in [-0.2, 0) is 10.9 Å². The van der Waals surface area contributed by atoms with E-state index in [2.05, 4.69) is 20.5 Å². The number of anilines is 2. The van der Waals surface area contributed by atoms with Crippen molar-refractivity contribution in [2.24, 2.45) is 0 Å². The van der Waals surface area contributed by atoms with E-state index in [4.69, 9.17) is 4.74 Å². The van der Waals surface area contributed by atoms with Gasteiger partial charge in [0, 0.05) is 17.5 Å². The number of hydrogen-bond acceptors (Lipinski definition) is 6. The smallest absolute Gasteiger partial charge is 0.374 e. The van der Waals surface area contributed by atoms with Gasteiger partial charge in [0.1, 0.15) is 0 Å². The lowest BCUT2D eigenvalue weighted by Crippen LogP contribution is -2.38. The van der Waals surface area contributed by atoms with E-state index in [1.165, 1.54) is 25.1 Å². The van der Waals surface area contributed by atoms with Crippen molar-refractivity contribution in [3.05, 3.63) is 52.9 Å². The molecule has 11 heteroatoms.